The van der Waals surface area contributed by atoms with Gasteiger partial charge in [-0.25, -0.2) is 0 Å². The number of nitrogens with one attached hydrogen (secondary N) is 1. The summed E-state index contributed by atoms with van der Waals surface area (Å²) >= 11 is 0. The second-order valence-electron chi connectivity index (χ2n) is 5.96. The maximum absolute atomic E-state index is 12.2. The molecule has 2 aromatic rings. The number of methoxy groups -OCH3 is 1. The lowest BCUT2D eigenvalue weighted by atomic mass is 10.1. The van der Waals surface area contributed by atoms with Gasteiger partial charge < -0.3 is 14.5 Å². The van der Waals surface area contributed by atoms with Gasteiger partial charge in [-0.05, 0) is 37.4 Å². The molecule has 5 heteroatoms. The number of fused-ring (bicyclic) bond motifs is 1. The van der Waals surface area contributed by atoms with Crippen molar-refractivity contribution in [3.63, 3.8) is 0 Å². The molecule has 1 saturated heterocycles. The zero-order chi connectivity index (χ0) is 16.1. The summed E-state index contributed by atoms with van der Waals surface area (Å²) in [6, 6.07) is 8.23. The minimum atomic E-state index is -0.113. The fourth-order valence-corrected chi connectivity index (χ4v) is 3.28. The number of hydrogen-bond donors (Lipinski definition) is 1. The van der Waals surface area contributed by atoms with Crippen molar-refractivity contribution in [2.45, 2.75) is 25.3 Å². The Balaban J connectivity index is 1.57. The number of carbonyl (C=O) groups is 1. The van der Waals surface area contributed by atoms with Crippen LogP contribution in [0, 0.1) is 0 Å². The minimum absolute atomic E-state index is 0.0999. The van der Waals surface area contributed by atoms with Crippen molar-refractivity contribution in [1.29, 1.82) is 0 Å². The van der Waals surface area contributed by atoms with E-state index in [0.717, 1.165) is 32.4 Å². The maximum Gasteiger partial charge on any atom is 0.323 e. The molecule has 0 bridgehead atoms. The summed E-state index contributed by atoms with van der Waals surface area (Å²) in [6.45, 7) is 2.63. The summed E-state index contributed by atoms with van der Waals surface area (Å²) < 4.78 is 10.2. The SMILES string of the molecule is COCCOC(=O)C1CCCN1CCc1c[nH]c2ccccc12. The molecule has 1 N–H and O–H groups in total. The highest BCUT2D eigenvalue weighted by atomic mass is 16.6. The third kappa shape index (κ3) is 3.74. The molecular weight excluding hydrogens is 292 g/mol. The Hall–Kier alpha value is -1.85. The molecule has 0 spiro atoms. The van der Waals surface area contributed by atoms with Crippen molar-refractivity contribution >= 4 is 16.9 Å². The number of benzene rings is 1. The molecule has 0 aliphatic carbocycles. The van der Waals surface area contributed by atoms with Gasteiger partial charge in [-0.15, -0.1) is 0 Å². The van der Waals surface area contributed by atoms with E-state index in [1.165, 1.54) is 16.5 Å². The number of rotatable bonds is 7. The van der Waals surface area contributed by atoms with Gasteiger partial charge >= 0.3 is 5.97 Å². The molecule has 5 nitrogen and oxygen atoms in total. The Labute approximate surface area is 136 Å². The molecule has 1 atom stereocenters. The van der Waals surface area contributed by atoms with Crippen LogP contribution in [-0.2, 0) is 20.7 Å². The van der Waals surface area contributed by atoms with Crippen LogP contribution >= 0.6 is 0 Å². The normalized spacial score (nSPS) is 18.6. The predicted molar refractivity (Wildman–Crippen MR) is 89.4 cm³/mol. The van der Waals surface area contributed by atoms with E-state index >= 15 is 0 Å². The van der Waals surface area contributed by atoms with Gasteiger partial charge in [0.25, 0.3) is 0 Å². The van der Waals surface area contributed by atoms with Gasteiger partial charge in [-0.3, -0.25) is 9.69 Å². The molecule has 1 aromatic carbocycles. The first-order valence-corrected chi connectivity index (χ1v) is 8.24. The van der Waals surface area contributed by atoms with Crippen molar-refractivity contribution in [3.8, 4) is 0 Å². The van der Waals surface area contributed by atoms with Gasteiger partial charge in [-0.1, -0.05) is 18.2 Å². The van der Waals surface area contributed by atoms with Gasteiger partial charge in [0, 0.05) is 30.8 Å². The Morgan fingerprint density at radius 3 is 3.09 bits per heavy atom. The highest BCUT2D eigenvalue weighted by molar-refractivity contribution is 5.83. The lowest BCUT2D eigenvalue weighted by Gasteiger charge is -2.22. The van der Waals surface area contributed by atoms with Crippen LogP contribution < -0.4 is 0 Å². The molecular formula is C18H24N2O3. The summed E-state index contributed by atoms with van der Waals surface area (Å²) in [4.78, 5) is 17.7. The number of nitrogens with zero attached hydrogens (tertiary/aromatic N) is 1. The van der Waals surface area contributed by atoms with Crippen molar-refractivity contribution in [1.82, 2.24) is 9.88 Å². The molecule has 1 aromatic heterocycles. The topological polar surface area (TPSA) is 54.6 Å². The minimum Gasteiger partial charge on any atom is -0.462 e. The number of carbonyl (C=O) groups excluding carboxylic acids is 1. The molecule has 2 heterocycles. The molecule has 1 fully saturated rings. The molecule has 3 rings (SSSR count). The smallest absolute Gasteiger partial charge is 0.323 e. The van der Waals surface area contributed by atoms with Gasteiger partial charge in [-0.2, -0.15) is 0 Å². The summed E-state index contributed by atoms with van der Waals surface area (Å²) in [5, 5.41) is 1.27. The number of esters is 1. The van der Waals surface area contributed by atoms with Crippen LogP contribution in [-0.4, -0.2) is 55.3 Å². The third-order valence-corrected chi connectivity index (χ3v) is 4.51. The molecule has 0 amide bonds. The second kappa shape index (κ2) is 7.62. The number of aromatic nitrogens is 1. The number of H-pyrrole nitrogens is 1. The Kier molecular flexibility index (Phi) is 5.31. The fraction of sp³-hybridized carbons (Fsp3) is 0.500. The van der Waals surface area contributed by atoms with Gasteiger partial charge in [0.1, 0.15) is 12.6 Å². The first-order valence-electron chi connectivity index (χ1n) is 8.24. The lowest BCUT2D eigenvalue weighted by Crippen LogP contribution is -2.38. The fourth-order valence-electron chi connectivity index (χ4n) is 3.28. The van der Waals surface area contributed by atoms with Crippen molar-refractivity contribution < 1.29 is 14.3 Å². The van der Waals surface area contributed by atoms with E-state index in [9.17, 15) is 4.79 Å². The third-order valence-electron chi connectivity index (χ3n) is 4.51. The summed E-state index contributed by atoms with van der Waals surface area (Å²) in [5.74, 6) is -0.113. The Morgan fingerprint density at radius 1 is 1.35 bits per heavy atom. The van der Waals surface area contributed by atoms with E-state index < -0.39 is 0 Å². The van der Waals surface area contributed by atoms with Gasteiger partial charge in [0.15, 0.2) is 0 Å². The lowest BCUT2D eigenvalue weighted by molar-refractivity contribution is -0.150. The van der Waals surface area contributed by atoms with Crippen molar-refractivity contribution in [2.24, 2.45) is 0 Å². The molecule has 1 unspecified atom stereocenters. The predicted octanol–water partition coefficient (Wildman–Crippen LogP) is 2.36. The van der Waals surface area contributed by atoms with Crippen molar-refractivity contribution in [2.75, 3.05) is 33.4 Å². The largest absolute Gasteiger partial charge is 0.462 e. The second-order valence-corrected chi connectivity index (χ2v) is 5.96. The van der Waals surface area contributed by atoms with Crippen LogP contribution in [0.2, 0.25) is 0 Å². The summed E-state index contributed by atoms with van der Waals surface area (Å²) in [5.41, 5.74) is 2.47. The van der Waals surface area contributed by atoms with Crippen molar-refractivity contribution in [3.05, 3.63) is 36.0 Å². The number of aromatic amines is 1. The van der Waals surface area contributed by atoms with Gasteiger partial charge in [0.05, 0.1) is 6.61 Å². The molecule has 0 radical (unpaired) electrons. The quantitative estimate of drug-likeness (QED) is 0.629. The average molecular weight is 316 g/mol. The first kappa shape index (κ1) is 16.0. The van der Waals surface area contributed by atoms with E-state index in [4.69, 9.17) is 9.47 Å². The van der Waals surface area contributed by atoms with Crippen LogP contribution in [0.1, 0.15) is 18.4 Å². The average Bonchev–Trinajstić information content (AvgIpc) is 3.20. The van der Waals surface area contributed by atoms with Crippen LogP contribution in [0.4, 0.5) is 0 Å². The van der Waals surface area contributed by atoms with Crippen LogP contribution in [0.15, 0.2) is 30.5 Å². The number of likely N-dealkylation sites (tertiary alicyclic amines) is 1. The van der Waals surface area contributed by atoms with E-state index in [2.05, 4.69) is 34.3 Å². The summed E-state index contributed by atoms with van der Waals surface area (Å²) in [7, 11) is 1.61. The van der Waals surface area contributed by atoms with E-state index in [1.54, 1.807) is 7.11 Å². The zero-order valence-electron chi connectivity index (χ0n) is 13.6. The standard InChI is InChI=1S/C18H24N2O3/c1-22-11-12-23-18(21)17-7-4-9-20(17)10-8-14-13-19-16-6-3-2-5-15(14)16/h2-3,5-6,13,17,19H,4,7-12H2,1H3. The molecule has 0 saturated carbocycles. The number of ether oxygens (including phenoxy) is 2. The highest BCUT2D eigenvalue weighted by Crippen LogP contribution is 2.22. The van der Waals surface area contributed by atoms with Crippen LogP contribution in [0.25, 0.3) is 10.9 Å². The highest BCUT2D eigenvalue weighted by Gasteiger charge is 2.31. The summed E-state index contributed by atoms with van der Waals surface area (Å²) in [6.07, 6.45) is 4.95. The van der Waals surface area contributed by atoms with E-state index in [-0.39, 0.29) is 12.0 Å². The molecule has 1 aliphatic heterocycles. The van der Waals surface area contributed by atoms with E-state index in [0.29, 0.717) is 13.2 Å². The van der Waals surface area contributed by atoms with Crippen LogP contribution in [0.3, 0.4) is 0 Å². The zero-order valence-corrected chi connectivity index (χ0v) is 13.6. The molecule has 124 valence electrons. The van der Waals surface area contributed by atoms with Gasteiger partial charge in [0.2, 0.25) is 0 Å². The van der Waals surface area contributed by atoms with E-state index in [1.807, 2.05) is 6.07 Å². The maximum atomic E-state index is 12.2. The molecule has 23 heavy (non-hydrogen) atoms. The Bertz CT molecular complexity index is 653. The number of hydrogen-bond acceptors (Lipinski definition) is 4. The monoisotopic (exact) mass is 316 g/mol. The number of para-hydroxylation sites is 1. The molecule has 1 aliphatic rings. The first-order chi connectivity index (χ1) is 11.3. The Morgan fingerprint density at radius 2 is 2.22 bits per heavy atom. The van der Waals surface area contributed by atoms with Crippen LogP contribution in [0.5, 0.6) is 0 Å².